The van der Waals surface area contributed by atoms with Crippen LogP contribution in [0.4, 0.5) is 5.69 Å². The Labute approximate surface area is 201 Å². The Kier molecular flexibility index (Phi) is 7.99. The third-order valence-electron chi connectivity index (χ3n) is 3.93. The SMILES string of the molecule is O=C(N/N=C/c1cc(Br)ccc1OC(=O)c1ccc(Cl)cc1)C(=O)Nc1ccc(Cl)cc1. The molecule has 0 fully saturated rings. The van der Waals surface area contributed by atoms with Gasteiger partial charge in [-0.15, -0.1) is 0 Å². The van der Waals surface area contributed by atoms with Crippen LogP contribution in [0.2, 0.25) is 10.0 Å². The van der Waals surface area contributed by atoms with Gasteiger partial charge in [-0.25, -0.2) is 10.2 Å². The topological polar surface area (TPSA) is 96.9 Å². The molecular formula is C22H14BrCl2N3O4. The van der Waals surface area contributed by atoms with Gasteiger partial charge < -0.3 is 10.1 Å². The molecule has 0 aliphatic carbocycles. The summed E-state index contributed by atoms with van der Waals surface area (Å²) >= 11 is 14.9. The summed E-state index contributed by atoms with van der Waals surface area (Å²) in [5.41, 5.74) is 3.23. The highest BCUT2D eigenvalue weighted by Gasteiger charge is 2.14. The van der Waals surface area contributed by atoms with Gasteiger partial charge in [-0.05, 0) is 66.7 Å². The van der Waals surface area contributed by atoms with Gasteiger partial charge in [-0.3, -0.25) is 9.59 Å². The number of benzene rings is 3. The van der Waals surface area contributed by atoms with Crippen LogP contribution in [-0.4, -0.2) is 24.0 Å². The Morgan fingerprint density at radius 3 is 2.16 bits per heavy atom. The maximum Gasteiger partial charge on any atom is 0.343 e. The number of esters is 1. The normalized spacial score (nSPS) is 10.6. The number of hydrogen-bond acceptors (Lipinski definition) is 5. The molecule has 3 rings (SSSR count). The quantitative estimate of drug-likeness (QED) is 0.157. The molecule has 0 unspecified atom stereocenters. The van der Waals surface area contributed by atoms with Gasteiger partial charge in [0.2, 0.25) is 0 Å². The lowest BCUT2D eigenvalue weighted by atomic mass is 10.2. The molecule has 0 aliphatic heterocycles. The van der Waals surface area contributed by atoms with Crippen molar-refractivity contribution in [3.8, 4) is 5.75 Å². The highest BCUT2D eigenvalue weighted by molar-refractivity contribution is 9.10. The second-order valence-corrected chi connectivity index (χ2v) is 8.03. The fourth-order valence-electron chi connectivity index (χ4n) is 2.39. The fourth-order valence-corrected chi connectivity index (χ4v) is 3.02. The van der Waals surface area contributed by atoms with E-state index in [1.807, 2.05) is 0 Å². The van der Waals surface area contributed by atoms with E-state index in [1.165, 1.54) is 18.3 Å². The molecule has 0 radical (unpaired) electrons. The zero-order valence-electron chi connectivity index (χ0n) is 16.1. The number of ether oxygens (including phenoxy) is 1. The first-order valence-electron chi connectivity index (χ1n) is 8.99. The minimum atomic E-state index is -0.981. The van der Waals surface area contributed by atoms with Crippen molar-refractivity contribution in [1.82, 2.24) is 5.43 Å². The van der Waals surface area contributed by atoms with Crippen LogP contribution in [0.5, 0.6) is 5.75 Å². The second kappa shape index (κ2) is 10.9. The molecule has 2 amide bonds. The first-order valence-corrected chi connectivity index (χ1v) is 10.5. The number of carbonyl (C=O) groups is 3. The molecular weight excluding hydrogens is 521 g/mol. The van der Waals surface area contributed by atoms with E-state index in [-0.39, 0.29) is 5.75 Å². The van der Waals surface area contributed by atoms with Gasteiger partial charge in [-0.1, -0.05) is 39.1 Å². The predicted octanol–water partition coefficient (Wildman–Crippen LogP) is 5.06. The zero-order chi connectivity index (χ0) is 23.1. The van der Waals surface area contributed by atoms with Crippen LogP contribution < -0.4 is 15.5 Å². The zero-order valence-corrected chi connectivity index (χ0v) is 19.2. The number of anilines is 1. The number of hydrazone groups is 1. The number of hydrogen-bond donors (Lipinski definition) is 2. The smallest absolute Gasteiger partial charge is 0.343 e. The molecule has 32 heavy (non-hydrogen) atoms. The van der Waals surface area contributed by atoms with E-state index in [0.717, 1.165) is 0 Å². The largest absolute Gasteiger partial charge is 0.422 e. The highest BCUT2D eigenvalue weighted by atomic mass is 79.9. The molecule has 0 aromatic heterocycles. The van der Waals surface area contributed by atoms with E-state index in [4.69, 9.17) is 27.9 Å². The summed E-state index contributed by atoms with van der Waals surface area (Å²) in [6.45, 7) is 0. The lowest BCUT2D eigenvalue weighted by Crippen LogP contribution is -2.32. The molecule has 0 aliphatic rings. The molecule has 0 saturated carbocycles. The molecule has 162 valence electrons. The lowest BCUT2D eigenvalue weighted by molar-refractivity contribution is -0.136. The molecule has 0 bridgehead atoms. The van der Waals surface area contributed by atoms with Gasteiger partial charge >= 0.3 is 17.8 Å². The first-order chi connectivity index (χ1) is 15.3. The van der Waals surface area contributed by atoms with Gasteiger partial charge in [0, 0.05) is 25.8 Å². The molecule has 0 spiro atoms. The van der Waals surface area contributed by atoms with E-state index in [9.17, 15) is 14.4 Å². The van der Waals surface area contributed by atoms with Gasteiger partial charge in [0.15, 0.2) is 0 Å². The van der Waals surface area contributed by atoms with Crippen molar-refractivity contribution >= 4 is 68.8 Å². The molecule has 10 heteroatoms. The minimum absolute atomic E-state index is 0.205. The summed E-state index contributed by atoms with van der Waals surface area (Å²) in [5, 5.41) is 7.19. The average molecular weight is 535 g/mol. The van der Waals surface area contributed by atoms with Crippen LogP contribution in [0.15, 0.2) is 76.3 Å². The fraction of sp³-hybridized carbons (Fsp3) is 0. The second-order valence-electron chi connectivity index (χ2n) is 6.24. The van der Waals surface area contributed by atoms with Crippen molar-refractivity contribution in [1.29, 1.82) is 0 Å². The van der Waals surface area contributed by atoms with Crippen LogP contribution >= 0.6 is 39.1 Å². The maximum absolute atomic E-state index is 12.4. The van der Waals surface area contributed by atoms with Crippen molar-refractivity contribution in [3.05, 3.63) is 92.4 Å². The third-order valence-corrected chi connectivity index (χ3v) is 4.93. The number of nitrogens with zero attached hydrogens (tertiary/aromatic N) is 1. The first kappa shape index (κ1) is 23.5. The van der Waals surface area contributed by atoms with Crippen LogP contribution in [0.3, 0.4) is 0 Å². The van der Waals surface area contributed by atoms with Crippen molar-refractivity contribution in [2.75, 3.05) is 5.32 Å². The van der Waals surface area contributed by atoms with Crippen molar-refractivity contribution < 1.29 is 19.1 Å². The Balaban J connectivity index is 1.65. The van der Waals surface area contributed by atoms with Gasteiger partial charge in [0.05, 0.1) is 11.8 Å². The molecule has 2 N–H and O–H groups in total. The van der Waals surface area contributed by atoms with E-state index in [0.29, 0.717) is 31.3 Å². The van der Waals surface area contributed by atoms with Crippen molar-refractivity contribution in [2.45, 2.75) is 0 Å². The lowest BCUT2D eigenvalue weighted by Gasteiger charge is -2.08. The Morgan fingerprint density at radius 2 is 1.50 bits per heavy atom. The molecule has 0 saturated heterocycles. The van der Waals surface area contributed by atoms with Crippen LogP contribution in [0.1, 0.15) is 15.9 Å². The summed E-state index contributed by atoms with van der Waals surface area (Å²) in [6, 6.07) is 17.4. The Hall–Kier alpha value is -3.20. The molecule has 3 aromatic rings. The number of rotatable bonds is 5. The van der Waals surface area contributed by atoms with Crippen molar-refractivity contribution in [3.63, 3.8) is 0 Å². The van der Waals surface area contributed by atoms with Crippen LogP contribution in [-0.2, 0) is 9.59 Å². The predicted molar refractivity (Wildman–Crippen MR) is 126 cm³/mol. The van der Waals surface area contributed by atoms with Gasteiger partial charge in [-0.2, -0.15) is 5.10 Å². The number of nitrogens with one attached hydrogen (secondary N) is 2. The number of amides is 2. The Morgan fingerprint density at radius 1 is 0.875 bits per heavy atom. The summed E-state index contributed by atoms with van der Waals surface area (Å²) in [7, 11) is 0. The summed E-state index contributed by atoms with van der Waals surface area (Å²) < 4.78 is 6.11. The van der Waals surface area contributed by atoms with E-state index in [1.54, 1.807) is 54.6 Å². The standard InChI is InChI=1S/C22H14BrCl2N3O4/c23-15-3-10-19(32-22(31)13-1-4-16(24)5-2-13)14(11-15)12-26-28-21(30)20(29)27-18-8-6-17(25)7-9-18/h1-12H,(H,27,29)(H,28,30)/b26-12+. The highest BCUT2D eigenvalue weighted by Crippen LogP contribution is 2.23. The average Bonchev–Trinajstić information content (AvgIpc) is 2.77. The number of carbonyl (C=O) groups excluding carboxylic acids is 3. The van der Waals surface area contributed by atoms with Crippen LogP contribution in [0, 0.1) is 0 Å². The Bertz CT molecular complexity index is 1180. The molecule has 7 nitrogen and oxygen atoms in total. The van der Waals surface area contributed by atoms with Gasteiger partial charge in [0.1, 0.15) is 5.75 Å². The molecule has 3 aromatic carbocycles. The van der Waals surface area contributed by atoms with E-state index < -0.39 is 17.8 Å². The minimum Gasteiger partial charge on any atom is -0.422 e. The van der Waals surface area contributed by atoms with Crippen molar-refractivity contribution in [2.24, 2.45) is 5.10 Å². The number of halogens is 3. The monoisotopic (exact) mass is 533 g/mol. The van der Waals surface area contributed by atoms with Gasteiger partial charge in [0.25, 0.3) is 0 Å². The summed E-state index contributed by atoms with van der Waals surface area (Å²) in [5.74, 6) is -2.28. The summed E-state index contributed by atoms with van der Waals surface area (Å²) in [4.78, 5) is 36.3. The molecule has 0 atom stereocenters. The molecule has 0 heterocycles. The van der Waals surface area contributed by atoms with E-state index in [2.05, 4.69) is 31.8 Å². The van der Waals surface area contributed by atoms with E-state index >= 15 is 0 Å². The summed E-state index contributed by atoms with van der Waals surface area (Å²) in [6.07, 6.45) is 1.25. The van der Waals surface area contributed by atoms with Crippen LogP contribution in [0.25, 0.3) is 0 Å². The maximum atomic E-state index is 12.4. The third kappa shape index (κ3) is 6.65.